The van der Waals surface area contributed by atoms with Crippen LogP contribution in [0.2, 0.25) is 0 Å². The number of aryl methyl sites for hydroxylation is 3. The van der Waals surface area contributed by atoms with Crippen LogP contribution in [0.3, 0.4) is 0 Å². The molecule has 146 valence electrons. The minimum atomic E-state index is -0.776. The van der Waals surface area contributed by atoms with Crippen molar-refractivity contribution in [3.63, 3.8) is 0 Å². The highest BCUT2D eigenvalue weighted by Gasteiger charge is 2.20. The molecule has 1 saturated carbocycles. The van der Waals surface area contributed by atoms with Gasteiger partial charge in [-0.2, -0.15) is 0 Å². The zero-order valence-electron chi connectivity index (χ0n) is 16.5. The SMILES string of the molecule is CCCC1CCC(CCc2ccc(CCc3ccc(F)c(F)c3)cc2)CC1. The van der Waals surface area contributed by atoms with Gasteiger partial charge in [0.2, 0.25) is 0 Å². The first-order valence-electron chi connectivity index (χ1n) is 10.7. The van der Waals surface area contributed by atoms with Crippen LogP contribution < -0.4 is 0 Å². The number of benzene rings is 2. The minimum Gasteiger partial charge on any atom is -0.204 e. The quantitative estimate of drug-likeness (QED) is 0.458. The van der Waals surface area contributed by atoms with Crippen LogP contribution >= 0.6 is 0 Å². The fraction of sp³-hybridized carbons (Fsp3) is 0.520. The van der Waals surface area contributed by atoms with E-state index in [1.165, 1.54) is 74.6 Å². The molecule has 0 atom stereocenters. The first-order chi connectivity index (χ1) is 13.1. The molecular formula is C25H32F2. The van der Waals surface area contributed by atoms with Gasteiger partial charge < -0.3 is 0 Å². The molecular weight excluding hydrogens is 338 g/mol. The lowest BCUT2D eigenvalue weighted by atomic mass is 9.78. The van der Waals surface area contributed by atoms with Gasteiger partial charge in [-0.25, -0.2) is 8.78 Å². The Hall–Kier alpha value is -1.70. The molecule has 0 N–H and O–H groups in total. The fourth-order valence-electron chi connectivity index (χ4n) is 4.44. The van der Waals surface area contributed by atoms with Crippen molar-refractivity contribution in [1.82, 2.24) is 0 Å². The number of rotatable bonds is 8. The van der Waals surface area contributed by atoms with E-state index in [-0.39, 0.29) is 0 Å². The summed E-state index contributed by atoms with van der Waals surface area (Å²) in [4.78, 5) is 0. The highest BCUT2D eigenvalue weighted by atomic mass is 19.2. The van der Waals surface area contributed by atoms with E-state index in [1.807, 2.05) is 0 Å². The van der Waals surface area contributed by atoms with Crippen LogP contribution in [0.25, 0.3) is 0 Å². The van der Waals surface area contributed by atoms with Crippen LogP contribution in [0.4, 0.5) is 8.78 Å². The molecule has 27 heavy (non-hydrogen) atoms. The van der Waals surface area contributed by atoms with E-state index < -0.39 is 11.6 Å². The molecule has 1 aliphatic rings. The zero-order valence-corrected chi connectivity index (χ0v) is 16.5. The van der Waals surface area contributed by atoms with Gasteiger partial charge in [-0.15, -0.1) is 0 Å². The van der Waals surface area contributed by atoms with Crippen LogP contribution in [-0.4, -0.2) is 0 Å². The van der Waals surface area contributed by atoms with Crippen molar-refractivity contribution < 1.29 is 8.78 Å². The molecule has 0 aromatic heterocycles. The zero-order chi connectivity index (χ0) is 19.1. The van der Waals surface area contributed by atoms with Gasteiger partial charge in [0, 0.05) is 0 Å². The lowest BCUT2D eigenvalue weighted by Crippen LogP contribution is -2.15. The smallest absolute Gasteiger partial charge is 0.159 e. The molecule has 0 spiro atoms. The van der Waals surface area contributed by atoms with Gasteiger partial charge in [-0.05, 0) is 66.3 Å². The average molecular weight is 371 g/mol. The Bertz CT molecular complexity index is 697. The molecule has 0 amide bonds. The van der Waals surface area contributed by atoms with Crippen molar-refractivity contribution in [3.05, 3.63) is 70.8 Å². The van der Waals surface area contributed by atoms with Crippen molar-refractivity contribution in [1.29, 1.82) is 0 Å². The Morgan fingerprint density at radius 2 is 1.19 bits per heavy atom. The largest absolute Gasteiger partial charge is 0.204 e. The normalized spacial score (nSPS) is 20.0. The van der Waals surface area contributed by atoms with Crippen LogP contribution in [0.1, 0.15) is 68.6 Å². The van der Waals surface area contributed by atoms with Crippen LogP contribution in [0, 0.1) is 23.5 Å². The molecule has 0 saturated heterocycles. The molecule has 3 rings (SSSR count). The standard InChI is InChI=1S/C25H32F2/c1-2-3-19-4-6-20(7-5-19)8-9-21-10-12-22(13-11-21)14-15-23-16-17-24(26)25(27)18-23/h10-13,16-20H,2-9,14-15H2,1H3. The first kappa shape index (κ1) is 20.0. The highest BCUT2D eigenvalue weighted by molar-refractivity contribution is 5.25. The third-order valence-electron chi connectivity index (χ3n) is 6.21. The number of hydrogen-bond donors (Lipinski definition) is 0. The monoisotopic (exact) mass is 370 g/mol. The van der Waals surface area contributed by atoms with Gasteiger partial charge in [-0.3, -0.25) is 0 Å². The second kappa shape index (κ2) is 10.0. The lowest BCUT2D eigenvalue weighted by Gasteiger charge is -2.28. The van der Waals surface area contributed by atoms with E-state index in [1.54, 1.807) is 6.07 Å². The summed E-state index contributed by atoms with van der Waals surface area (Å²) in [6.07, 6.45) is 12.5. The lowest BCUT2D eigenvalue weighted by molar-refractivity contribution is 0.252. The molecule has 2 aromatic carbocycles. The summed E-state index contributed by atoms with van der Waals surface area (Å²) in [5.41, 5.74) is 3.52. The van der Waals surface area contributed by atoms with E-state index in [4.69, 9.17) is 0 Å². The molecule has 0 bridgehead atoms. The molecule has 0 unspecified atom stereocenters. The van der Waals surface area contributed by atoms with E-state index in [0.29, 0.717) is 0 Å². The van der Waals surface area contributed by atoms with E-state index in [0.717, 1.165) is 30.2 Å². The molecule has 0 aliphatic heterocycles. The van der Waals surface area contributed by atoms with E-state index in [9.17, 15) is 8.78 Å². The van der Waals surface area contributed by atoms with Gasteiger partial charge in [-0.1, -0.05) is 75.8 Å². The van der Waals surface area contributed by atoms with Gasteiger partial charge in [0.15, 0.2) is 11.6 Å². The Kier molecular flexibility index (Phi) is 7.43. The summed E-state index contributed by atoms with van der Waals surface area (Å²) in [6, 6.07) is 13.0. The summed E-state index contributed by atoms with van der Waals surface area (Å²) < 4.78 is 26.3. The third kappa shape index (κ3) is 6.16. The van der Waals surface area contributed by atoms with E-state index in [2.05, 4.69) is 31.2 Å². The van der Waals surface area contributed by atoms with Gasteiger partial charge >= 0.3 is 0 Å². The summed E-state index contributed by atoms with van der Waals surface area (Å²) in [5, 5.41) is 0. The molecule has 2 heteroatoms. The predicted octanol–water partition coefficient (Wildman–Crippen LogP) is 7.29. The molecule has 0 nitrogen and oxygen atoms in total. The predicted molar refractivity (Wildman–Crippen MR) is 109 cm³/mol. The van der Waals surface area contributed by atoms with Crippen molar-refractivity contribution in [2.24, 2.45) is 11.8 Å². The van der Waals surface area contributed by atoms with Crippen LogP contribution in [0.5, 0.6) is 0 Å². The highest BCUT2D eigenvalue weighted by Crippen LogP contribution is 2.33. The number of hydrogen-bond acceptors (Lipinski definition) is 0. The van der Waals surface area contributed by atoms with Crippen molar-refractivity contribution in [2.75, 3.05) is 0 Å². The first-order valence-corrected chi connectivity index (χ1v) is 10.7. The Balaban J connectivity index is 1.41. The van der Waals surface area contributed by atoms with Crippen molar-refractivity contribution in [2.45, 2.75) is 71.1 Å². The van der Waals surface area contributed by atoms with Crippen LogP contribution in [-0.2, 0) is 19.3 Å². The maximum Gasteiger partial charge on any atom is 0.159 e. The Labute approximate surface area is 163 Å². The summed E-state index contributed by atoms with van der Waals surface area (Å²) in [7, 11) is 0. The average Bonchev–Trinajstić information content (AvgIpc) is 2.69. The van der Waals surface area contributed by atoms with E-state index >= 15 is 0 Å². The third-order valence-corrected chi connectivity index (χ3v) is 6.21. The van der Waals surface area contributed by atoms with Gasteiger partial charge in [0.25, 0.3) is 0 Å². The van der Waals surface area contributed by atoms with Crippen LogP contribution in [0.15, 0.2) is 42.5 Å². The summed E-state index contributed by atoms with van der Waals surface area (Å²) >= 11 is 0. The Morgan fingerprint density at radius 3 is 1.78 bits per heavy atom. The topological polar surface area (TPSA) is 0 Å². The molecule has 1 aliphatic carbocycles. The minimum absolute atomic E-state index is 0.734. The second-order valence-electron chi connectivity index (χ2n) is 8.28. The summed E-state index contributed by atoms with van der Waals surface area (Å²) in [6.45, 7) is 2.30. The Morgan fingerprint density at radius 1 is 0.667 bits per heavy atom. The second-order valence-corrected chi connectivity index (χ2v) is 8.28. The maximum absolute atomic E-state index is 13.3. The van der Waals surface area contributed by atoms with Crippen molar-refractivity contribution >= 4 is 0 Å². The molecule has 0 radical (unpaired) electrons. The maximum atomic E-state index is 13.3. The molecule has 0 heterocycles. The fourth-order valence-corrected chi connectivity index (χ4v) is 4.44. The van der Waals surface area contributed by atoms with Gasteiger partial charge in [0.05, 0.1) is 0 Å². The number of halogens is 2. The summed E-state index contributed by atoms with van der Waals surface area (Å²) in [5.74, 6) is 0.361. The molecule has 1 fully saturated rings. The molecule has 2 aromatic rings. The van der Waals surface area contributed by atoms with Crippen molar-refractivity contribution in [3.8, 4) is 0 Å². The van der Waals surface area contributed by atoms with Gasteiger partial charge in [0.1, 0.15) is 0 Å².